The molecule has 0 aliphatic carbocycles. The normalized spacial score (nSPS) is 12.2. The zero-order valence-electron chi connectivity index (χ0n) is 11.6. The molecule has 0 radical (unpaired) electrons. The number of hydrogen-bond acceptors (Lipinski definition) is 4. The zero-order chi connectivity index (χ0) is 14.5. The van der Waals surface area contributed by atoms with Gasteiger partial charge in [-0.25, -0.2) is 9.97 Å². The van der Waals surface area contributed by atoms with Crippen LogP contribution >= 0.6 is 15.9 Å². The highest BCUT2D eigenvalue weighted by Crippen LogP contribution is 2.31. The number of methoxy groups -OCH3 is 1. The molecule has 5 heteroatoms. The summed E-state index contributed by atoms with van der Waals surface area (Å²) in [4.78, 5) is 8.98. The minimum absolute atomic E-state index is 0.188. The summed E-state index contributed by atoms with van der Waals surface area (Å²) in [5.74, 6) is 1.77. The Kier molecular flexibility index (Phi) is 5.09. The van der Waals surface area contributed by atoms with Crippen LogP contribution in [0.3, 0.4) is 0 Å². The molecule has 0 spiro atoms. The lowest BCUT2D eigenvalue weighted by Gasteiger charge is -2.13. The van der Waals surface area contributed by atoms with Gasteiger partial charge in [0.2, 0.25) is 0 Å². The van der Waals surface area contributed by atoms with Crippen LogP contribution in [-0.4, -0.2) is 23.6 Å². The molecule has 0 aliphatic heterocycles. The monoisotopic (exact) mass is 335 g/mol. The van der Waals surface area contributed by atoms with E-state index in [-0.39, 0.29) is 5.92 Å². The van der Waals surface area contributed by atoms with Crippen molar-refractivity contribution in [3.05, 3.63) is 40.8 Å². The number of benzene rings is 1. The maximum absolute atomic E-state index is 5.77. The number of halogens is 1. The van der Waals surface area contributed by atoms with Crippen LogP contribution in [0.1, 0.15) is 25.1 Å². The molecule has 1 unspecified atom stereocenters. The van der Waals surface area contributed by atoms with Gasteiger partial charge in [0, 0.05) is 28.7 Å². The van der Waals surface area contributed by atoms with E-state index in [0.717, 1.165) is 33.7 Å². The smallest absolute Gasteiger partial charge is 0.133 e. The van der Waals surface area contributed by atoms with E-state index in [1.807, 2.05) is 24.3 Å². The molecule has 4 nitrogen and oxygen atoms in total. The molecule has 0 bridgehead atoms. The lowest BCUT2D eigenvalue weighted by Crippen LogP contribution is -2.14. The zero-order valence-corrected chi connectivity index (χ0v) is 13.2. The number of ether oxygens (including phenoxy) is 1. The number of aromatic nitrogens is 2. The van der Waals surface area contributed by atoms with Gasteiger partial charge < -0.3 is 10.5 Å². The van der Waals surface area contributed by atoms with Crippen LogP contribution in [0.2, 0.25) is 0 Å². The van der Waals surface area contributed by atoms with Gasteiger partial charge in [0.05, 0.1) is 12.8 Å². The molecule has 1 aromatic heterocycles. The molecule has 0 saturated heterocycles. The summed E-state index contributed by atoms with van der Waals surface area (Å²) in [7, 11) is 1.66. The minimum atomic E-state index is 0.188. The second-order valence-electron chi connectivity index (χ2n) is 4.49. The van der Waals surface area contributed by atoms with E-state index < -0.39 is 0 Å². The average molecular weight is 336 g/mol. The third-order valence-corrected chi connectivity index (χ3v) is 3.75. The summed E-state index contributed by atoms with van der Waals surface area (Å²) in [5, 5.41) is 0. The van der Waals surface area contributed by atoms with Crippen LogP contribution in [0.15, 0.2) is 34.9 Å². The van der Waals surface area contributed by atoms with Gasteiger partial charge in [-0.1, -0.05) is 22.9 Å². The van der Waals surface area contributed by atoms with Crippen LogP contribution in [-0.2, 0) is 0 Å². The van der Waals surface area contributed by atoms with E-state index in [4.69, 9.17) is 10.5 Å². The van der Waals surface area contributed by atoms with Gasteiger partial charge in [0.15, 0.2) is 0 Å². The first kappa shape index (κ1) is 14.9. The summed E-state index contributed by atoms with van der Waals surface area (Å²) >= 11 is 3.48. The van der Waals surface area contributed by atoms with Crippen LogP contribution in [0.5, 0.6) is 5.75 Å². The fraction of sp³-hybridized carbons (Fsp3) is 0.333. The van der Waals surface area contributed by atoms with Crippen molar-refractivity contribution < 1.29 is 4.74 Å². The maximum atomic E-state index is 5.77. The molecule has 1 atom stereocenters. The summed E-state index contributed by atoms with van der Waals surface area (Å²) in [6.07, 6.45) is 2.70. The summed E-state index contributed by atoms with van der Waals surface area (Å²) in [6, 6.07) is 7.74. The van der Waals surface area contributed by atoms with E-state index in [9.17, 15) is 0 Å². The molecule has 20 heavy (non-hydrogen) atoms. The van der Waals surface area contributed by atoms with Crippen LogP contribution in [0, 0.1) is 0 Å². The topological polar surface area (TPSA) is 61.0 Å². The molecule has 106 valence electrons. The fourth-order valence-corrected chi connectivity index (χ4v) is 2.42. The molecule has 2 rings (SSSR count). The van der Waals surface area contributed by atoms with Gasteiger partial charge >= 0.3 is 0 Å². The van der Waals surface area contributed by atoms with Gasteiger partial charge in [0.1, 0.15) is 11.6 Å². The molecule has 2 N–H and O–H groups in total. The highest BCUT2D eigenvalue weighted by molar-refractivity contribution is 9.10. The summed E-state index contributed by atoms with van der Waals surface area (Å²) in [5.41, 5.74) is 7.56. The van der Waals surface area contributed by atoms with Gasteiger partial charge in [-0.15, -0.1) is 0 Å². The van der Waals surface area contributed by atoms with Crippen molar-refractivity contribution in [1.29, 1.82) is 0 Å². The van der Waals surface area contributed by atoms with E-state index in [1.54, 1.807) is 13.3 Å². The van der Waals surface area contributed by atoms with E-state index in [1.165, 1.54) is 0 Å². The number of hydrogen-bond donors (Lipinski definition) is 1. The standard InChI is InChI=1S/C15H18BrN3O/c1-3-10(9-17)15-18-7-6-13(19-15)12-8-11(16)4-5-14(12)20-2/h4-8,10H,3,9,17H2,1-2H3. The van der Waals surface area contributed by atoms with Gasteiger partial charge in [-0.05, 0) is 30.7 Å². The van der Waals surface area contributed by atoms with E-state index in [2.05, 4.69) is 32.8 Å². The first-order valence-electron chi connectivity index (χ1n) is 6.56. The van der Waals surface area contributed by atoms with Crippen molar-refractivity contribution in [3.8, 4) is 17.0 Å². The molecule has 0 aliphatic rings. The fourth-order valence-electron chi connectivity index (χ4n) is 2.06. The number of nitrogens with zero attached hydrogens (tertiary/aromatic N) is 2. The first-order valence-corrected chi connectivity index (χ1v) is 7.35. The van der Waals surface area contributed by atoms with Crippen molar-refractivity contribution in [2.45, 2.75) is 19.3 Å². The quantitative estimate of drug-likeness (QED) is 0.909. The van der Waals surface area contributed by atoms with Crippen molar-refractivity contribution in [2.24, 2.45) is 5.73 Å². The van der Waals surface area contributed by atoms with Crippen molar-refractivity contribution in [3.63, 3.8) is 0 Å². The molecule has 0 amide bonds. The molecule has 2 aromatic rings. The van der Waals surface area contributed by atoms with Crippen LogP contribution in [0.25, 0.3) is 11.3 Å². The Labute approximate surface area is 127 Å². The third-order valence-electron chi connectivity index (χ3n) is 3.25. The Hall–Kier alpha value is -1.46. The largest absolute Gasteiger partial charge is 0.496 e. The highest BCUT2D eigenvalue weighted by Gasteiger charge is 2.13. The molecule has 1 aromatic carbocycles. The second-order valence-corrected chi connectivity index (χ2v) is 5.40. The molecule has 0 saturated carbocycles. The maximum Gasteiger partial charge on any atom is 0.133 e. The van der Waals surface area contributed by atoms with Crippen LogP contribution in [0.4, 0.5) is 0 Å². The molecular formula is C15H18BrN3O. The molecule has 1 heterocycles. The summed E-state index contributed by atoms with van der Waals surface area (Å²) < 4.78 is 6.39. The second kappa shape index (κ2) is 6.81. The minimum Gasteiger partial charge on any atom is -0.496 e. The van der Waals surface area contributed by atoms with E-state index >= 15 is 0 Å². The van der Waals surface area contributed by atoms with Gasteiger partial charge in [0.25, 0.3) is 0 Å². The van der Waals surface area contributed by atoms with Gasteiger partial charge in [-0.2, -0.15) is 0 Å². The van der Waals surface area contributed by atoms with Crippen LogP contribution < -0.4 is 10.5 Å². The molecular weight excluding hydrogens is 318 g/mol. The third kappa shape index (κ3) is 3.16. The average Bonchev–Trinajstić information content (AvgIpc) is 2.49. The Bertz CT molecular complexity index is 585. The highest BCUT2D eigenvalue weighted by atomic mass is 79.9. The Balaban J connectivity index is 2.48. The first-order chi connectivity index (χ1) is 9.69. The molecule has 0 fully saturated rings. The lowest BCUT2D eigenvalue weighted by molar-refractivity contribution is 0.416. The predicted molar refractivity (Wildman–Crippen MR) is 83.8 cm³/mol. The Morgan fingerprint density at radius 3 is 2.80 bits per heavy atom. The Morgan fingerprint density at radius 2 is 2.15 bits per heavy atom. The predicted octanol–water partition coefficient (Wildman–Crippen LogP) is 3.37. The van der Waals surface area contributed by atoms with Crippen molar-refractivity contribution in [2.75, 3.05) is 13.7 Å². The SMILES string of the molecule is CCC(CN)c1nccc(-c2cc(Br)ccc2OC)n1. The number of nitrogens with two attached hydrogens (primary N) is 1. The summed E-state index contributed by atoms with van der Waals surface area (Å²) in [6.45, 7) is 2.64. The Morgan fingerprint density at radius 1 is 1.35 bits per heavy atom. The van der Waals surface area contributed by atoms with Gasteiger partial charge in [-0.3, -0.25) is 0 Å². The van der Waals surface area contributed by atoms with Crippen molar-refractivity contribution >= 4 is 15.9 Å². The number of rotatable bonds is 5. The lowest BCUT2D eigenvalue weighted by atomic mass is 10.1. The van der Waals surface area contributed by atoms with E-state index in [0.29, 0.717) is 6.54 Å². The van der Waals surface area contributed by atoms with Crippen molar-refractivity contribution in [1.82, 2.24) is 9.97 Å².